The zero-order chi connectivity index (χ0) is 40.7. The molecule has 0 radical (unpaired) electrons. The van der Waals surface area contributed by atoms with Gasteiger partial charge in [-0.25, -0.2) is 0 Å². The van der Waals surface area contributed by atoms with Gasteiger partial charge < -0.3 is 28.8 Å². The van der Waals surface area contributed by atoms with Crippen LogP contribution in [0, 0.1) is 0 Å². The van der Waals surface area contributed by atoms with Crippen LogP contribution in [0.3, 0.4) is 0 Å². The summed E-state index contributed by atoms with van der Waals surface area (Å²) in [6.07, 6.45) is 43.5. The summed E-state index contributed by atoms with van der Waals surface area (Å²) in [7, 11) is 1.31. The maximum atomic E-state index is 12.7. The molecular formula is C46H95N2O6P. The summed E-state index contributed by atoms with van der Waals surface area (Å²) >= 11 is 0. The van der Waals surface area contributed by atoms with Crippen LogP contribution in [0.25, 0.3) is 0 Å². The lowest BCUT2D eigenvalue weighted by atomic mass is 10.0. The van der Waals surface area contributed by atoms with E-state index >= 15 is 0 Å². The van der Waals surface area contributed by atoms with E-state index in [0.717, 1.165) is 44.9 Å². The van der Waals surface area contributed by atoms with Gasteiger partial charge in [-0.2, -0.15) is 0 Å². The Hall–Kier alpha value is -0.500. The van der Waals surface area contributed by atoms with Crippen molar-refractivity contribution in [3.05, 3.63) is 0 Å². The number of carbonyl (C=O) groups excluding carboxylic acids is 1. The summed E-state index contributed by atoms with van der Waals surface area (Å²) < 4.78 is 23.0. The predicted octanol–water partition coefficient (Wildman–Crippen LogP) is 12.7. The minimum Gasteiger partial charge on any atom is -0.756 e. The first kappa shape index (κ1) is 54.5. The molecule has 0 fully saturated rings. The summed E-state index contributed by atoms with van der Waals surface area (Å²) in [6.45, 7) is 4.62. The summed E-state index contributed by atoms with van der Waals surface area (Å²) in [5.74, 6) is -0.169. The molecule has 1 amide bonds. The number of nitrogens with one attached hydrogen (secondary N) is 1. The van der Waals surface area contributed by atoms with Gasteiger partial charge in [0.1, 0.15) is 13.2 Å². The lowest BCUT2D eigenvalue weighted by molar-refractivity contribution is -0.870. The molecule has 330 valence electrons. The molecular weight excluding hydrogens is 707 g/mol. The Labute approximate surface area is 342 Å². The van der Waals surface area contributed by atoms with Gasteiger partial charge in [-0.3, -0.25) is 9.36 Å². The van der Waals surface area contributed by atoms with Crippen molar-refractivity contribution in [3.63, 3.8) is 0 Å². The standard InChI is InChI=1S/C46H95N2O6P/c1-6-8-10-12-13-14-15-16-17-18-19-20-21-22-23-24-25-26-27-28-29-30-31-32-33-34-35-36-38-40-46(50)47-44(45(49)39-37-11-9-7-2)43-54-55(51,52)53-42-41-48(3,4)5/h44-45,49H,6-43H2,1-5H3,(H-,47,50,51,52). The molecule has 0 heterocycles. The second-order valence-electron chi connectivity index (χ2n) is 17.8. The highest BCUT2D eigenvalue weighted by molar-refractivity contribution is 7.45. The van der Waals surface area contributed by atoms with Crippen LogP contribution in [0.1, 0.15) is 239 Å². The molecule has 0 spiro atoms. The van der Waals surface area contributed by atoms with E-state index in [9.17, 15) is 19.4 Å². The van der Waals surface area contributed by atoms with Crippen LogP contribution in [0.15, 0.2) is 0 Å². The van der Waals surface area contributed by atoms with E-state index in [0.29, 0.717) is 23.9 Å². The lowest BCUT2D eigenvalue weighted by Crippen LogP contribution is -2.46. The second kappa shape index (κ2) is 39.0. The Kier molecular flexibility index (Phi) is 38.6. The number of rotatable bonds is 44. The van der Waals surface area contributed by atoms with E-state index in [4.69, 9.17) is 9.05 Å². The van der Waals surface area contributed by atoms with E-state index in [2.05, 4.69) is 19.2 Å². The fraction of sp³-hybridized carbons (Fsp3) is 0.978. The molecule has 2 N–H and O–H groups in total. The molecule has 0 aromatic heterocycles. The number of phosphoric ester groups is 1. The maximum Gasteiger partial charge on any atom is 0.268 e. The van der Waals surface area contributed by atoms with Gasteiger partial charge in [0.15, 0.2) is 0 Å². The highest BCUT2D eigenvalue weighted by Gasteiger charge is 2.24. The second-order valence-corrected chi connectivity index (χ2v) is 19.2. The van der Waals surface area contributed by atoms with E-state index in [1.165, 1.54) is 167 Å². The van der Waals surface area contributed by atoms with E-state index in [1.54, 1.807) is 0 Å². The Morgan fingerprint density at radius 2 is 0.891 bits per heavy atom. The summed E-state index contributed by atoms with van der Waals surface area (Å²) in [6, 6.07) is -0.790. The quantitative estimate of drug-likeness (QED) is 0.0361. The third-order valence-electron chi connectivity index (χ3n) is 11.1. The third kappa shape index (κ3) is 41.5. The van der Waals surface area contributed by atoms with Crippen LogP contribution in [0.5, 0.6) is 0 Å². The first-order chi connectivity index (χ1) is 26.5. The number of hydrogen-bond acceptors (Lipinski definition) is 6. The highest BCUT2D eigenvalue weighted by Crippen LogP contribution is 2.38. The Balaban J connectivity index is 3.76. The van der Waals surface area contributed by atoms with Gasteiger partial charge in [0, 0.05) is 6.42 Å². The van der Waals surface area contributed by atoms with Gasteiger partial charge in [-0.05, 0) is 12.8 Å². The van der Waals surface area contributed by atoms with Crippen molar-refractivity contribution in [1.82, 2.24) is 5.32 Å². The Bertz CT molecular complexity index is 870. The number of carbonyl (C=O) groups is 1. The van der Waals surface area contributed by atoms with Crippen LogP contribution in [-0.2, 0) is 18.4 Å². The predicted molar refractivity (Wildman–Crippen MR) is 233 cm³/mol. The van der Waals surface area contributed by atoms with Crippen molar-refractivity contribution in [3.8, 4) is 0 Å². The van der Waals surface area contributed by atoms with E-state index < -0.39 is 20.0 Å². The molecule has 0 rings (SSSR count). The SMILES string of the molecule is CCCCCCCCCCCCCCCCCCCCCCCCCCCCCCCC(=O)NC(COP(=O)([O-])OCC[N+](C)(C)C)C(O)CCCCCC. The molecule has 0 aliphatic heterocycles. The monoisotopic (exact) mass is 803 g/mol. The van der Waals surface area contributed by atoms with Crippen molar-refractivity contribution in [1.29, 1.82) is 0 Å². The maximum absolute atomic E-state index is 12.7. The fourth-order valence-electron chi connectivity index (χ4n) is 7.28. The van der Waals surface area contributed by atoms with Crippen LogP contribution in [0.4, 0.5) is 0 Å². The van der Waals surface area contributed by atoms with Gasteiger partial charge in [0.25, 0.3) is 7.82 Å². The van der Waals surface area contributed by atoms with E-state index in [1.807, 2.05) is 21.1 Å². The molecule has 0 saturated heterocycles. The normalized spacial score (nSPS) is 14.2. The number of unbranched alkanes of at least 4 members (excludes halogenated alkanes) is 31. The topological polar surface area (TPSA) is 108 Å². The molecule has 0 aliphatic carbocycles. The smallest absolute Gasteiger partial charge is 0.268 e. The summed E-state index contributed by atoms with van der Waals surface area (Å²) in [5, 5.41) is 13.6. The third-order valence-corrected chi connectivity index (χ3v) is 12.1. The number of nitrogens with zero attached hydrogens (tertiary/aromatic N) is 1. The van der Waals surface area contributed by atoms with Gasteiger partial charge >= 0.3 is 0 Å². The van der Waals surface area contributed by atoms with Crippen LogP contribution in [0.2, 0.25) is 0 Å². The van der Waals surface area contributed by atoms with Crippen molar-refractivity contribution in [2.24, 2.45) is 0 Å². The van der Waals surface area contributed by atoms with Crippen molar-refractivity contribution >= 4 is 13.7 Å². The van der Waals surface area contributed by atoms with Gasteiger partial charge in [0.05, 0.1) is 39.9 Å². The van der Waals surface area contributed by atoms with Crippen molar-refractivity contribution in [2.75, 3.05) is 40.9 Å². The molecule has 0 aromatic carbocycles. The molecule has 0 aliphatic rings. The Morgan fingerprint density at radius 3 is 1.24 bits per heavy atom. The molecule has 0 bridgehead atoms. The van der Waals surface area contributed by atoms with Crippen LogP contribution in [-0.4, -0.2) is 68.5 Å². The zero-order valence-corrected chi connectivity index (χ0v) is 38.3. The van der Waals surface area contributed by atoms with Crippen LogP contribution >= 0.6 is 7.82 Å². The summed E-state index contributed by atoms with van der Waals surface area (Å²) in [4.78, 5) is 25.1. The lowest BCUT2D eigenvalue weighted by Gasteiger charge is -2.30. The number of amides is 1. The van der Waals surface area contributed by atoms with Crippen LogP contribution < -0.4 is 10.2 Å². The average Bonchev–Trinajstić information content (AvgIpc) is 3.13. The van der Waals surface area contributed by atoms with Gasteiger partial charge in [-0.15, -0.1) is 0 Å². The molecule has 8 nitrogen and oxygen atoms in total. The van der Waals surface area contributed by atoms with E-state index in [-0.39, 0.29) is 19.1 Å². The fourth-order valence-corrected chi connectivity index (χ4v) is 8.00. The first-order valence-electron chi connectivity index (χ1n) is 23.9. The number of likely N-dealkylation sites (N-methyl/N-ethyl adjacent to an activating group) is 1. The van der Waals surface area contributed by atoms with Gasteiger partial charge in [-0.1, -0.05) is 219 Å². The van der Waals surface area contributed by atoms with Crippen molar-refractivity contribution < 1.29 is 32.9 Å². The zero-order valence-electron chi connectivity index (χ0n) is 37.4. The minimum absolute atomic E-state index is 0.0144. The first-order valence-corrected chi connectivity index (χ1v) is 25.3. The number of phosphoric acid groups is 1. The highest BCUT2D eigenvalue weighted by atomic mass is 31.2. The molecule has 55 heavy (non-hydrogen) atoms. The number of aliphatic hydroxyl groups excluding tert-OH is 1. The molecule has 9 heteroatoms. The molecule has 3 unspecified atom stereocenters. The summed E-state index contributed by atoms with van der Waals surface area (Å²) in [5.41, 5.74) is 0. The molecule has 3 atom stereocenters. The number of quaternary nitrogens is 1. The minimum atomic E-state index is -4.54. The van der Waals surface area contributed by atoms with Crippen molar-refractivity contribution in [2.45, 2.75) is 251 Å². The molecule has 0 saturated carbocycles. The Morgan fingerprint density at radius 1 is 0.564 bits per heavy atom. The largest absolute Gasteiger partial charge is 0.756 e. The average molecular weight is 803 g/mol. The number of aliphatic hydroxyl groups is 1. The molecule has 0 aromatic rings. The number of hydrogen-bond donors (Lipinski definition) is 2. The van der Waals surface area contributed by atoms with Gasteiger partial charge in [0.2, 0.25) is 5.91 Å².